The van der Waals surface area contributed by atoms with Gasteiger partial charge >= 0.3 is 0 Å². The van der Waals surface area contributed by atoms with Crippen LogP contribution in [-0.4, -0.2) is 18.6 Å². The molecule has 4 nitrogen and oxygen atoms in total. The van der Waals surface area contributed by atoms with Crippen molar-refractivity contribution in [2.75, 3.05) is 11.9 Å². The van der Waals surface area contributed by atoms with Gasteiger partial charge < -0.3 is 15.4 Å². The second-order valence-corrected chi connectivity index (χ2v) is 6.06. The zero-order valence-corrected chi connectivity index (χ0v) is 15.1. The van der Waals surface area contributed by atoms with E-state index in [-0.39, 0.29) is 29.8 Å². The number of benzene rings is 2. The number of hydrogen-bond donors (Lipinski definition) is 2. The van der Waals surface area contributed by atoms with Gasteiger partial charge in [0, 0.05) is 6.54 Å². The molecule has 2 aromatic rings. The number of halogens is 2. The van der Waals surface area contributed by atoms with Crippen LogP contribution in [0.2, 0.25) is 0 Å². The van der Waals surface area contributed by atoms with Crippen LogP contribution < -0.4 is 15.4 Å². The number of nitrogens with one attached hydrogen (secondary N) is 2. The number of hydrogen-bond acceptors (Lipinski definition) is 3. The van der Waals surface area contributed by atoms with Crippen LogP contribution in [0.25, 0.3) is 0 Å². The molecule has 25 heavy (non-hydrogen) atoms. The predicted octanol–water partition coefficient (Wildman–Crippen LogP) is 3.61. The molecule has 0 aliphatic carbocycles. The molecule has 134 valence electrons. The minimum absolute atomic E-state index is 0. The molecule has 0 radical (unpaired) electrons. The summed E-state index contributed by atoms with van der Waals surface area (Å²) in [7, 11) is 0. The van der Waals surface area contributed by atoms with Crippen LogP contribution in [0, 0.1) is 12.7 Å². The SMILES string of the molecule is Cc1cccc(OC(C)C(=O)Nc2ccc3c(c2F)CCNC3)c1.Cl. The first-order valence-corrected chi connectivity index (χ1v) is 8.10. The molecule has 2 N–H and O–H groups in total. The Kier molecular flexibility index (Phi) is 6.39. The fraction of sp³-hybridized carbons (Fsp3) is 0.316. The molecule has 1 atom stereocenters. The van der Waals surface area contributed by atoms with E-state index in [4.69, 9.17) is 4.74 Å². The zero-order valence-electron chi connectivity index (χ0n) is 14.3. The van der Waals surface area contributed by atoms with Crippen molar-refractivity contribution < 1.29 is 13.9 Å². The average molecular weight is 365 g/mol. The van der Waals surface area contributed by atoms with Gasteiger partial charge in [-0.05, 0) is 61.7 Å². The van der Waals surface area contributed by atoms with Gasteiger partial charge in [-0.2, -0.15) is 0 Å². The molecule has 1 heterocycles. The van der Waals surface area contributed by atoms with Crippen molar-refractivity contribution in [1.29, 1.82) is 0 Å². The van der Waals surface area contributed by atoms with Crippen molar-refractivity contribution in [2.24, 2.45) is 0 Å². The lowest BCUT2D eigenvalue weighted by atomic mass is 9.99. The molecule has 0 aromatic heterocycles. The Balaban J connectivity index is 0.00000225. The number of carbonyl (C=O) groups is 1. The lowest BCUT2D eigenvalue weighted by molar-refractivity contribution is -0.122. The number of anilines is 1. The predicted molar refractivity (Wildman–Crippen MR) is 99.0 cm³/mol. The molecule has 3 rings (SSSR count). The van der Waals surface area contributed by atoms with Crippen LogP contribution in [0.5, 0.6) is 5.75 Å². The molecular formula is C19H22ClFN2O2. The molecule has 0 spiro atoms. The summed E-state index contributed by atoms with van der Waals surface area (Å²) in [6, 6.07) is 10.9. The summed E-state index contributed by atoms with van der Waals surface area (Å²) in [6.45, 7) is 5.01. The number of rotatable bonds is 4. The maximum Gasteiger partial charge on any atom is 0.265 e. The molecule has 0 saturated carbocycles. The summed E-state index contributed by atoms with van der Waals surface area (Å²) in [5.74, 6) is -0.0935. The number of fused-ring (bicyclic) bond motifs is 1. The zero-order chi connectivity index (χ0) is 17.1. The van der Waals surface area contributed by atoms with E-state index in [0.717, 1.165) is 17.7 Å². The minimum atomic E-state index is -0.719. The van der Waals surface area contributed by atoms with Gasteiger partial charge in [-0.1, -0.05) is 18.2 Å². The highest BCUT2D eigenvalue weighted by atomic mass is 35.5. The largest absolute Gasteiger partial charge is 0.481 e. The van der Waals surface area contributed by atoms with Crippen molar-refractivity contribution in [3.8, 4) is 5.75 Å². The lowest BCUT2D eigenvalue weighted by Crippen LogP contribution is -2.31. The van der Waals surface area contributed by atoms with Gasteiger partial charge in [0.2, 0.25) is 0 Å². The maximum absolute atomic E-state index is 14.6. The highest BCUT2D eigenvalue weighted by Crippen LogP contribution is 2.25. The quantitative estimate of drug-likeness (QED) is 0.871. The van der Waals surface area contributed by atoms with Crippen molar-refractivity contribution in [1.82, 2.24) is 5.32 Å². The molecular weight excluding hydrogens is 343 g/mol. The van der Waals surface area contributed by atoms with Gasteiger partial charge in [0.05, 0.1) is 5.69 Å². The third-order valence-corrected chi connectivity index (χ3v) is 4.14. The third-order valence-electron chi connectivity index (χ3n) is 4.14. The molecule has 2 aromatic carbocycles. The van der Waals surface area contributed by atoms with Crippen molar-refractivity contribution in [2.45, 2.75) is 32.9 Å². The molecule has 1 amide bonds. The van der Waals surface area contributed by atoms with Crippen LogP contribution in [0.3, 0.4) is 0 Å². The Labute approximate surface area is 153 Å². The van der Waals surface area contributed by atoms with Gasteiger partial charge in [-0.3, -0.25) is 4.79 Å². The van der Waals surface area contributed by atoms with E-state index in [1.807, 2.05) is 31.2 Å². The highest BCUT2D eigenvalue weighted by Gasteiger charge is 2.20. The van der Waals surface area contributed by atoms with Crippen LogP contribution in [0.1, 0.15) is 23.6 Å². The second-order valence-electron chi connectivity index (χ2n) is 6.06. The van der Waals surface area contributed by atoms with Gasteiger partial charge in [0.25, 0.3) is 5.91 Å². The standard InChI is InChI=1S/C19H21FN2O2.ClH/c1-12-4-3-5-15(10-12)24-13(2)19(23)22-17-7-6-14-11-21-9-8-16(14)18(17)20;/h3-7,10,13,21H,8-9,11H2,1-2H3,(H,22,23);1H. The Bertz CT molecular complexity index is 767. The molecule has 0 saturated heterocycles. The van der Waals surface area contributed by atoms with Crippen molar-refractivity contribution >= 4 is 24.0 Å². The van der Waals surface area contributed by atoms with Gasteiger partial charge in [-0.25, -0.2) is 4.39 Å². The fourth-order valence-electron chi connectivity index (χ4n) is 2.81. The number of amides is 1. The van der Waals surface area contributed by atoms with E-state index < -0.39 is 6.10 Å². The van der Waals surface area contributed by atoms with E-state index in [2.05, 4.69) is 10.6 Å². The molecule has 0 bridgehead atoms. The Hall–Kier alpha value is -2.11. The minimum Gasteiger partial charge on any atom is -0.481 e. The molecule has 0 fully saturated rings. The van der Waals surface area contributed by atoms with Gasteiger partial charge in [0.15, 0.2) is 6.10 Å². The van der Waals surface area contributed by atoms with E-state index in [1.165, 1.54) is 0 Å². The summed E-state index contributed by atoms with van der Waals surface area (Å²) in [4.78, 5) is 12.3. The van der Waals surface area contributed by atoms with E-state index in [0.29, 0.717) is 24.3 Å². The summed E-state index contributed by atoms with van der Waals surface area (Å²) in [5.41, 5.74) is 2.88. The molecule has 6 heteroatoms. The first kappa shape index (κ1) is 19.2. The normalized spacial score (nSPS) is 14.0. The molecule has 1 aliphatic heterocycles. The topological polar surface area (TPSA) is 50.4 Å². The second kappa shape index (κ2) is 8.32. The van der Waals surface area contributed by atoms with Crippen molar-refractivity contribution in [3.63, 3.8) is 0 Å². The molecule has 1 unspecified atom stereocenters. The Morgan fingerprint density at radius 3 is 2.88 bits per heavy atom. The summed E-state index contributed by atoms with van der Waals surface area (Å²) in [6.07, 6.45) is -0.0934. The third kappa shape index (κ3) is 4.50. The van der Waals surface area contributed by atoms with Gasteiger partial charge in [0.1, 0.15) is 11.6 Å². The highest BCUT2D eigenvalue weighted by molar-refractivity contribution is 5.94. The van der Waals surface area contributed by atoms with Crippen LogP contribution in [0.4, 0.5) is 10.1 Å². The smallest absolute Gasteiger partial charge is 0.265 e. The van der Waals surface area contributed by atoms with E-state index in [1.54, 1.807) is 19.1 Å². The Morgan fingerprint density at radius 2 is 2.12 bits per heavy atom. The summed E-state index contributed by atoms with van der Waals surface area (Å²) < 4.78 is 20.2. The lowest BCUT2D eigenvalue weighted by Gasteiger charge is -2.20. The maximum atomic E-state index is 14.6. The number of aryl methyl sites for hydroxylation is 1. The monoisotopic (exact) mass is 364 g/mol. The summed E-state index contributed by atoms with van der Waals surface area (Å²) >= 11 is 0. The summed E-state index contributed by atoms with van der Waals surface area (Å²) in [5, 5.41) is 5.84. The Morgan fingerprint density at radius 1 is 1.32 bits per heavy atom. The average Bonchev–Trinajstić information content (AvgIpc) is 2.57. The van der Waals surface area contributed by atoms with Crippen LogP contribution in [0.15, 0.2) is 36.4 Å². The number of ether oxygens (including phenoxy) is 1. The number of carbonyl (C=O) groups excluding carboxylic acids is 1. The van der Waals surface area contributed by atoms with Gasteiger partial charge in [-0.15, -0.1) is 12.4 Å². The van der Waals surface area contributed by atoms with Crippen LogP contribution >= 0.6 is 12.4 Å². The van der Waals surface area contributed by atoms with E-state index in [9.17, 15) is 9.18 Å². The van der Waals surface area contributed by atoms with E-state index >= 15 is 0 Å². The first-order valence-electron chi connectivity index (χ1n) is 8.10. The van der Waals surface area contributed by atoms with Crippen molar-refractivity contribution in [3.05, 3.63) is 58.9 Å². The fourth-order valence-corrected chi connectivity index (χ4v) is 2.81. The first-order chi connectivity index (χ1) is 11.5. The molecule has 1 aliphatic rings. The van der Waals surface area contributed by atoms with Crippen LogP contribution in [-0.2, 0) is 17.8 Å².